The molecular formula is C7H8N. The Balaban J connectivity index is 2.83. The minimum atomic E-state index is 1.13. The second kappa shape index (κ2) is 2.36. The molecule has 0 spiro atoms. The molecule has 1 nitrogen and oxygen atoms in total. The van der Waals surface area contributed by atoms with E-state index in [9.17, 15) is 0 Å². The SMILES string of the molecule is CNc1cc[c]cc1. The molecule has 1 radical (unpaired) electrons. The highest BCUT2D eigenvalue weighted by Gasteiger charge is 1.78. The maximum absolute atomic E-state index is 3.01. The molecular weight excluding hydrogens is 98.1 g/mol. The van der Waals surface area contributed by atoms with Gasteiger partial charge >= 0.3 is 0 Å². The number of rotatable bonds is 1. The van der Waals surface area contributed by atoms with Gasteiger partial charge in [-0.1, -0.05) is 12.1 Å². The highest BCUT2D eigenvalue weighted by atomic mass is 14.8. The molecule has 0 aliphatic rings. The summed E-state index contributed by atoms with van der Waals surface area (Å²) in [6.07, 6.45) is 0. The van der Waals surface area contributed by atoms with Gasteiger partial charge in [-0.25, -0.2) is 0 Å². The van der Waals surface area contributed by atoms with E-state index in [1.807, 2.05) is 31.3 Å². The number of anilines is 1. The van der Waals surface area contributed by atoms with E-state index in [-0.39, 0.29) is 0 Å². The highest BCUT2D eigenvalue weighted by molar-refractivity contribution is 5.40. The Morgan fingerprint density at radius 2 is 2.00 bits per heavy atom. The van der Waals surface area contributed by atoms with Crippen LogP contribution in [0.3, 0.4) is 0 Å². The van der Waals surface area contributed by atoms with Crippen molar-refractivity contribution in [2.75, 3.05) is 12.4 Å². The molecule has 0 aromatic heterocycles. The van der Waals surface area contributed by atoms with Crippen molar-refractivity contribution in [3.05, 3.63) is 30.3 Å². The number of hydrogen-bond acceptors (Lipinski definition) is 1. The molecule has 0 amide bonds. The van der Waals surface area contributed by atoms with Gasteiger partial charge in [0.05, 0.1) is 0 Å². The van der Waals surface area contributed by atoms with Gasteiger partial charge in [-0.3, -0.25) is 0 Å². The minimum absolute atomic E-state index is 1.13. The van der Waals surface area contributed by atoms with E-state index in [4.69, 9.17) is 0 Å². The lowest BCUT2D eigenvalue weighted by Gasteiger charge is -1.93. The Morgan fingerprint density at radius 3 is 2.38 bits per heavy atom. The van der Waals surface area contributed by atoms with Crippen molar-refractivity contribution in [3.8, 4) is 0 Å². The fourth-order valence-corrected chi connectivity index (χ4v) is 0.554. The second-order valence-corrected chi connectivity index (χ2v) is 1.54. The van der Waals surface area contributed by atoms with Crippen molar-refractivity contribution in [1.29, 1.82) is 0 Å². The predicted molar refractivity (Wildman–Crippen MR) is 34.8 cm³/mol. The van der Waals surface area contributed by atoms with Crippen LogP contribution in [0.1, 0.15) is 0 Å². The first kappa shape index (κ1) is 5.16. The van der Waals surface area contributed by atoms with Crippen LogP contribution in [0.15, 0.2) is 24.3 Å². The molecule has 1 aromatic carbocycles. The second-order valence-electron chi connectivity index (χ2n) is 1.54. The van der Waals surface area contributed by atoms with Gasteiger partial charge in [0.1, 0.15) is 0 Å². The number of nitrogens with one attached hydrogen (secondary N) is 1. The summed E-state index contributed by atoms with van der Waals surface area (Å²) in [4.78, 5) is 0. The third-order valence-corrected chi connectivity index (χ3v) is 1.01. The monoisotopic (exact) mass is 106 g/mol. The summed E-state index contributed by atoms with van der Waals surface area (Å²) in [5.74, 6) is 0. The van der Waals surface area contributed by atoms with Gasteiger partial charge in [0.15, 0.2) is 0 Å². The Labute approximate surface area is 49.3 Å². The van der Waals surface area contributed by atoms with Crippen LogP contribution in [0.25, 0.3) is 0 Å². The maximum atomic E-state index is 3.01. The summed E-state index contributed by atoms with van der Waals surface area (Å²) in [5, 5.41) is 3.01. The average Bonchev–Trinajstić information content (AvgIpc) is 1.90. The van der Waals surface area contributed by atoms with Crippen LogP contribution in [-0.2, 0) is 0 Å². The Kier molecular flexibility index (Phi) is 1.52. The van der Waals surface area contributed by atoms with Crippen LogP contribution >= 0.6 is 0 Å². The first-order valence-corrected chi connectivity index (χ1v) is 2.57. The van der Waals surface area contributed by atoms with Crippen molar-refractivity contribution >= 4 is 5.69 Å². The van der Waals surface area contributed by atoms with Gasteiger partial charge in [0, 0.05) is 12.7 Å². The molecule has 0 atom stereocenters. The third kappa shape index (κ3) is 0.997. The Morgan fingerprint density at radius 1 is 1.38 bits per heavy atom. The van der Waals surface area contributed by atoms with Gasteiger partial charge in [0.25, 0.3) is 0 Å². The van der Waals surface area contributed by atoms with Crippen molar-refractivity contribution in [2.24, 2.45) is 0 Å². The molecule has 0 unspecified atom stereocenters. The maximum Gasteiger partial charge on any atom is 0.0337 e. The quantitative estimate of drug-likeness (QED) is 0.572. The fraction of sp³-hybridized carbons (Fsp3) is 0.143. The van der Waals surface area contributed by atoms with Gasteiger partial charge in [-0.15, -0.1) is 0 Å². The molecule has 41 valence electrons. The van der Waals surface area contributed by atoms with Crippen molar-refractivity contribution in [3.63, 3.8) is 0 Å². The van der Waals surface area contributed by atoms with E-state index in [2.05, 4.69) is 11.4 Å². The molecule has 0 bridgehead atoms. The predicted octanol–water partition coefficient (Wildman–Crippen LogP) is 1.53. The zero-order chi connectivity index (χ0) is 5.82. The van der Waals surface area contributed by atoms with Crippen molar-refractivity contribution < 1.29 is 0 Å². The van der Waals surface area contributed by atoms with Crippen molar-refractivity contribution in [1.82, 2.24) is 0 Å². The molecule has 8 heavy (non-hydrogen) atoms. The van der Waals surface area contributed by atoms with Crippen LogP contribution in [0.5, 0.6) is 0 Å². The molecule has 0 saturated carbocycles. The standard InChI is InChI=1S/C7H8N/c1-8-7-5-3-2-4-6-7/h3-6,8H,1H3. The van der Waals surface area contributed by atoms with Gasteiger partial charge < -0.3 is 5.32 Å². The van der Waals surface area contributed by atoms with Crippen LogP contribution < -0.4 is 5.32 Å². The zero-order valence-electron chi connectivity index (χ0n) is 4.81. The summed E-state index contributed by atoms with van der Waals surface area (Å²) >= 11 is 0. The van der Waals surface area contributed by atoms with E-state index in [0.717, 1.165) is 5.69 Å². The summed E-state index contributed by atoms with van der Waals surface area (Å²) in [5.41, 5.74) is 1.13. The van der Waals surface area contributed by atoms with E-state index in [1.165, 1.54) is 0 Å². The summed E-state index contributed by atoms with van der Waals surface area (Å²) in [6, 6.07) is 10.6. The number of hydrogen-bond donors (Lipinski definition) is 1. The van der Waals surface area contributed by atoms with Gasteiger partial charge in [-0.05, 0) is 18.2 Å². The first-order chi connectivity index (χ1) is 3.93. The fourth-order valence-electron chi connectivity index (χ4n) is 0.554. The molecule has 0 aliphatic carbocycles. The topological polar surface area (TPSA) is 12.0 Å². The van der Waals surface area contributed by atoms with E-state index in [1.54, 1.807) is 0 Å². The lowest BCUT2D eigenvalue weighted by atomic mass is 10.3. The van der Waals surface area contributed by atoms with Crippen molar-refractivity contribution in [2.45, 2.75) is 0 Å². The van der Waals surface area contributed by atoms with Crippen LogP contribution in [-0.4, -0.2) is 7.05 Å². The Hall–Kier alpha value is -0.980. The molecule has 1 rings (SSSR count). The molecule has 1 aromatic rings. The van der Waals surface area contributed by atoms with Gasteiger partial charge in [0.2, 0.25) is 0 Å². The summed E-state index contributed by atoms with van der Waals surface area (Å²) in [6.45, 7) is 0. The number of benzene rings is 1. The summed E-state index contributed by atoms with van der Waals surface area (Å²) < 4.78 is 0. The van der Waals surface area contributed by atoms with Crippen LogP contribution in [0.2, 0.25) is 0 Å². The van der Waals surface area contributed by atoms with Crippen LogP contribution in [0, 0.1) is 6.07 Å². The Bertz CT molecular complexity index is 146. The molecule has 0 heterocycles. The average molecular weight is 106 g/mol. The lowest BCUT2D eigenvalue weighted by Crippen LogP contribution is -1.84. The largest absolute Gasteiger partial charge is 0.388 e. The van der Waals surface area contributed by atoms with Crippen LogP contribution in [0.4, 0.5) is 5.69 Å². The highest BCUT2D eigenvalue weighted by Crippen LogP contribution is 2.01. The smallest absolute Gasteiger partial charge is 0.0337 e. The molecule has 1 heteroatoms. The minimum Gasteiger partial charge on any atom is -0.388 e. The summed E-state index contributed by atoms with van der Waals surface area (Å²) in [7, 11) is 1.90. The molecule has 1 N–H and O–H groups in total. The molecule has 0 saturated heterocycles. The van der Waals surface area contributed by atoms with E-state index >= 15 is 0 Å². The normalized spacial score (nSPS) is 8.62. The van der Waals surface area contributed by atoms with E-state index in [0.29, 0.717) is 0 Å². The molecule has 0 aliphatic heterocycles. The zero-order valence-corrected chi connectivity index (χ0v) is 4.81. The van der Waals surface area contributed by atoms with E-state index < -0.39 is 0 Å². The first-order valence-electron chi connectivity index (χ1n) is 2.57. The molecule has 0 fully saturated rings. The lowest BCUT2D eigenvalue weighted by molar-refractivity contribution is 1.51. The third-order valence-electron chi connectivity index (χ3n) is 1.01. The van der Waals surface area contributed by atoms with Gasteiger partial charge in [-0.2, -0.15) is 0 Å².